The lowest BCUT2D eigenvalue weighted by atomic mass is 9.98. The molecule has 0 radical (unpaired) electrons. The average molecular weight is 506 g/mol. The van der Waals surface area contributed by atoms with Gasteiger partial charge in [0.25, 0.3) is 0 Å². The predicted octanol–water partition coefficient (Wildman–Crippen LogP) is 6.50. The average Bonchev–Trinajstić information content (AvgIpc) is 3.72. The Hall–Kier alpha value is -4.17. The number of nitrogens with one attached hydrogen (secondary N) is 2. The zero-order chi connectivity index (χ0) is 25.4. The number of nitrogens with zero attached hydrogens (tertiary/aromatic N) is 1. The van der Waals surface area contributed by atoms with Gasteiger partial charge in [0.05, 0.1) is 21.8 Å². The third-order valence-electron chi connectivity index (χ3n) is 6.10. The molecule has 1 saturated carbocycles. The van der Waals surface area contributed by atoms with E-state index in [1.54, 1.807) is 42.6 Å². The lowest BCUT2D eigenvalue weighted by Gasteiger charge is -2.16. The molecule has 1 heterocycles. The summed E-state index contributed by atoms with van der Waals surface area (Å²) < 4.78 is 14.2. The molecule has 1 aliphatic carbocycles. The number of aromatic hydroxyl groups is 1. The molecule has 1 fully saturated rings. The number of ketones is 1. The molecule has 0 saturated heterocycles. The SMILES string of the molecule is O=C(O)NCc1ccc(Nc2c(C(=O)C3CC3)cnc3ccc(-c4cc(F)c(O)c(Cl)c4)cc23)cc1. The van der Waals surface area contributed by atoms with Gasteiger partial charge in [-0.25, -0.2) is 9.18 Å². The molecular formula is C27H21ClFN3O4. The minimum atomic E-state index is -1.10. The highest BCUT2D eigenvalue weighted by Crippen LogP contribution is 2.39. The van der Waals surface area contributed by atoms with E-state index in [1.165, 1.54) is 12.1 Å². The lowest BCUT2D eigenvalue weighted by molar-refractivity contribution is 0.0968. The van der Waals surface area contributed by atoms with Gasteiger partial charge in [0.2, 0.25) is 0 Å². The summed E-state index contributed by atoms with van der Waals surface area (Å²) in [6.07, 6.45) is 2.15. The summed E-state index contributed by atoms with van der Waals surface area (Å²) in [7, 11) is 0. The molecule has 4 aromatic rings. The van der Waals surface area contributed by atoms with E-state index >= 15 is 0 Å². The number of carbonyl (C=O) groups is 2. The second-order valence-corrected chi connectivity index (χ2v) is 9.09. The number of Topliss-reactive ketones (excluding diaryl/α,β-unsaturated/α-hetero) is 1. The van der Waals surface area contributed by atoms with Gasteiger partial charge in [0.15, 0.2) is 17.3 Å². The van der Waals surface area contributed by atoms with Crippen LogP contribution in [0, 0.1) is 11.7 Å². The first-order valence-electron chi connectivity index (χ1n) is 11.3. The van der Waals surface area contributed by atoms with E-state index in [0.717, 1.165) is 18.4 Å². The lowest BCUT2D eigenvalue weighted by Crippen LogP contribution is -2.19. The Morgan fingerprint density at radius 2 is 1.81 bits per heavy atom. The molecule has 4 N–H and O–H groups in total. The van der Waals surface area contributed by atoms with Crippen LogP contribution in [0.5, 0.6) is 5.75 Å². The van der Waals surface area contributed by atoms with Crippen molar-refractivity contribution in [1.29, 1.82) is 0 Å². The van der Waals surface area contributed by atoms with Crippen molar-refractivity contribution in [1.82, 2.24) is 10.3 Å². The second kappa shape index (κ2) is 9.47. The molecule has 0 atom stereocenters. The molecule has 7 nitrogen and oxygen atoms in total. The number of carboxylic acid groups (broad SMARTS) is 1. The highest BCUT2D eigenvalue weighted by molar-refractivity contribution is 6.32. The molecule has 0 unspecified atom stereocenters. The van der Waals surface area contributed by atoms with E-state index in [-0.39, 0.29) is 23.3 Å². The smallest absolute Gasteiger partial charge is 0.404 e. The fourth-order valence-corrected chi connectivity index (χ4v) is 4.23. The van der Waals surface area contributed by atoms with Gasteiger partial charge in [-0.15, -0.1) is 0 Å². The Morgan fingerprint density at radius 1 is 1.06 bits per heavy atom. The number of pyridine rings is 1. The topological polar surface area (TPSA) is 112 Å². The zero-order valence-electron chi connectivity index (χ0n) is 18.9. The van der Waals surface area contributed by atoms with Crippen LogP contribution in [0.25, 0.3) is 22.0 Å². The van der Waals surface area contributed by atoms with Gasteiger partial charge < -0.3 is 20.8 Å². The molecule has 0 bridgehead atoms. The Bertz CT molecular complexity index is 1480. The monoisotopic (exact) mass is 505 g/mol. The Balaban J connectivity index is 1.58. The number of hydrogen-bond acceptors (Lipinski definition) is 5. The van der Waals surface area contributed by atoms with Crippen molar-refractivity contribution < 1.29 is 24.2 Å². The summed E-state index contributed by atoms with van der Waals surface area (Å²) in [5.41, 5.74) is 4.29. The van der Waals surface area contributed by atoms with Crippen molar-refractivity contribution in [3.63, 3.8) is 0 Å². The van der Waals surface area contributed by atoms with Gasteiger partial charge >= 0.3 is 6.09 Å². The first-order chi connectivity index (χ1) is 17.3. The van der Waals surface area contributed by atoms with Gasteiger partial charge in [0.1, 0.15) is 0 Å². The molecule has 9 heteroatoms. The minimum absolute atomic E-state index is 0.0123. The molecule has 1 aliphatic rings. The Kier molecular flexibility index (Phi) is 6.20. The van der Waals surface area contributed by atoms with Crippen molar-refractivity contribution in [2.24, 2.45) is 5.92 Å². The maximum atomic E-state index is 14.2. The van der Waals surface area contributed by atoms with Gasteiger partial charge in [0, 0.05) is 29.7 Å². The molecule has 1 aromatic heterocycles. The van der Waals surface area contributed by atoms with Gasteiger partial charge in [-0.1, -0.05) is 29.8 Å². The third-order valence-corrected chi connectivity index (χ3v) is 6.39. The van der Waals surface area contributed by atoms with Crippen LogP contribution in [-0.2, 0) is 6.54 Å². The number of phenolic OH excluding ortho intramolecular Hbond substituents is 1. The number of benzene rings is 3. The maximum absolute atomic E-state index is 14.2. The number of hydrogen-bond donors (Lipinski definition) is 4. The number of anilines is 2. The number of fused-ring (bicyclic) bond motifs is 1. The van der Waals surface area contributed by atoms with E-state index in [1.807, 2.05) is 6.07 Å². The molecule has 0 aliphatic heterocycles. The summed E-state index contributed by atoms with van der Waals surface area (Å²) in [5.74, 6) is -1.45. The largest absolute Gasteiger partial charge is 0.504 e. The number of aromatic nitrogens is 1. The molecule has 3 aromatic carbocycles. The van der Waals surface area contributed by atoms with Crippen molar-refractivity contribution in [2.45, 2.75) is 19.4 Å². The molecular weight excluding hydrogens is 485 g/mol. The molecule has 36 heavy (non-hydrogen) atoms. The van der Waals surface area contributed by atoms with Gasteiger partial charge in [-0.3, -0.25) is 9.78 Å². The molecule has 5 rings (SSSR count). The van der Waals surface area contributed by atoms with Crippen LogP contribution in [0.2, 0.25) is 5.02 Å². The van der Waals surface area contributed by atoms with Crippen molar-refractivity contribution in [3.8, 4) is 16.9 Å². The highest BCUT2D eigenvalue weighted by Gasteiger charge is 2.32. The first-order valence-corrected chi connectivity index (χ1v) is 11.7. The quantitative estimate of drug-likeness (QED) is 0.213. The molecule has 1 amide bonds. The number of halogens is 2. The summed E-state index contributed by atoms with van der Waals surface area (Å²) in [6, 6.07) is 15.2. The van der Waals surface area contributed by atoms with Crippen molar-refractivity contribution in [3.05, 3.63) is 82.8 Å². The fraction of sp³-hybridized carbons (Fsp3) is 0.148. The van der Waals surface area contributed by atoms with Crippen molar-refractivity contribution in [2.75, 3.05) is 5.32 Å². The number of rotatable bonds is 7. The third kappa shape index (κ3) is 4.81. The summed E-state index contributed by atoms with van der Waals surface area (Å²) in [6.45, 7) is 0.175. The van der Waals surface area contributed by atoms with Crippen LogP contribution in [0.3, 0.4) is 0 Å². The maximum Gasteiger partial charge on any atom is 0.404 e. The van der Waals surface area contributed by atoms with Crippen molar-refractivity contribution >= 4 is 45.8 Å². The Labute approximate surface area is 210 Å². The summed E-state index contributed by atoms with van der Waals surface area (Å²) in [4.78, 5) is 28.3. The first kappa shape index (κ1) is 23.6. The number of carbonyl (C=O) groups excluding carboxylic acids is 1. The van der Waals surface area contributed by atoms with Crippen LogP contribution in [-0.4, -0.2) is 27.1 Å². The van der Waals surface area contributed by atoms with E-state index in [2.05, 4.69) is 15.6 Å². The van der Waals surface area contributed by atoms with Crippen LogP contribution in [0.15, 0.2) is 60.8 Å². The van der Waals surface area contributed by atoms with E-state index in [4.69, 9.17) is 16.7 Å². The second-order valence-electron chi connectivity index (χ2n) is 8.69. The van der Waals surface area contributed by atoms with Crippen LogP contribution < -0.4 is 10.6 Å². The molecule has 182 valence electrons. The van der Waals surface area contributed by atoms with E-state index < -0.39 is 17.7 Å². The normalized spacial score (nSPS) is 12.9. The zero-order valence-corrected chi connectivity index (χ0v) is 19.6. The predicted molar refractivity (Wildman–Crippen MR) is 135 cm³/mol. The van der Waals surface area contributed by atoms with Crippen LogP contribution in [0.4, 0.5) is 20.6 Å². The van der Waals surface area contributed by atoms with Gasteiger partial charge in [-0.2, -0.15) is 0 Å². The van der Waals surface area contributed by atoms with Gasteiger partial charge in [-0.05, 0) is 65.9 Å². The number of amides is 1. The van der Waals surface area contributed by atoms with E-state index in [0.29, 0.717) is 39.0 Å². The fourth-order valence-electron chi connectivity index (χ4n) is 4.02. The van der Waals surface area contributed by atoms with Crippen LogP contribution >= 0.6 is 11.6 Å². The van der Waals surface area contributed by atoms with E-state index in [9.17, 15) is 19.1 Å². The highest BCUT2D eigenvalue weighted by atomic mass is 35.5. The molecule has 0 spiro atoms. The summed E-state index contributed by atoms with van der Waals surface area (Å²) >= 11 is 5.99. The van der Waals surface area contributed by atoms with Crippen LogP contribution in [0.1, 0.15) is 28.8 Å². The number of phenols is 1. The summed E-state index contributed by atoms with van der Waals surface area (Å²) in [5, 5.41) is 24.7. The Morgan fingerprint density at radius 3 is 2.47 bits per heavy atom. The standard InChI is InChI=1S/C27H21ClFN3O4/c28-21-10-17(11-22(29)26(21)34)16-5-8-23-19(9-16)24(20(13-30-23)25(33)15-3-4-15)32-18-6-1-14(2-7-18)12-31-27(35)36/h1-2,5-11,13,15,31,34H,3-4,12H2,(H,30,32)(H,35,36). The minimum Gasteiger partial charge on any atom is -0.504 e.